The molecule has 0 bridgehead atoms. The molecule has 19 heavy (non-hydrogen) atoms. The van der Waals surface area contributed by atoms with E-state index in [1.807, 2.05) is 0 Å². The van der Waals surface area contributed by atoms with Crippen molar-refractivity contribution in [1.29, 1.82) is 0 Å². The Kier molecular flexibility index (Phi) is 3.63. The topological polar surface area (TPSA) is 101 Å². The second-order valence-electron chi connectivity index (χ2n) is 4.53. The molecule has 1 aliphatic heterocycles. The number of nitrogens with one attached hydrogen (secondary N) is 1. The van der Waals surface area contributed by atoms with E-state index >= 15 is 0 Å². The van der Waals surface area contributed by atoms with E-state index in [2.05, 4.69) is 9.71 Å². The summed E-state index contributed by atoms with van der Waals surface area (Å²) in [6.07, 6.45) is 1.65. The van der Waals surface area contributed by atoms with E-state index < -0.39 is 21.5 Å². The first kappa shape index (κ1) is 14.4. The third-order valence-electron chi connectivity index (χ3n) is 3.12. The monoisotopic (exact) mass is 305 g/mol. The van der Waals surface area contributed by atoms with E-state index in [1.165, 1.54) is 18.0 Å². The van der Waals surface area contributed by atoms with E-state index in [0.717, 1.165) is 0 Å². The maximum atomic E-state index is 12.2. The van der Waals surface area contributed by atoms with Crippen molar-refractivity contribution in [3.8, 4) is 0 Å². The van der Waals surface area contributed by atoms with E-state index in [-0.39, 0.29) is 17.2 Å². The van der Waals surface area contributed by atoms with Crippen molar-refractivity contribution in [2.45, 2.75) is 23.9 Å². The molecule has 0 radical (unpaired) electrons. The Balaban J connectivity index is 2.33. The third kappa shape index (κ3) is 2.63. The largest absolute Gasteiger partial charge is 0.480 e. The van der Waals surface area contributed by atoms with Crippen LogP contribution in [0.1, 0.15) is 12.2 Å². The van der Waals surface area contributed by atoms with E-state index in [4.69, 9.17) is 0 Å². The number of rotatable bonds is 4. The number of carboxylic acid groups (broad SMARTS) is 1. The summed E-state index contributed by atoms with van der Waals surface area (Å²) in [7, 11) is -2.24. The fraction of sp³-hybridized carbons (Fsp3) is 0.600. The van der Waals surface area contributed by atoms with Crippen molar-refractivity contribution in [2.24, 2.45) is 7.05 Å². The van der Waals surface area contributed by atoms with Crippen LogP contribution in [-0.4, -0.2) is 46.1 Å². The number of aliphatic carboxylic acids is 1. The minimum absolute atomic E-state index is 0.148. The quantitative estimate of drug-likeness (QED) is 0.810. The zero-order valence-corrected chi connectivity index (χ0v) is 12.2. The summed E-state index contributed by atoms with van der Waals surface area (Å²) in [5.41, 5.74) is -1.42. The number of sulfonamides is 1. The Hall–Kier alpha value is -1.06. The highest BCUT2D eigenvalue weighted by molar-refractivity contribution is 7.99. The van der Waals surface area contributed by atoms with Crippen LogP contribution in [0.25, 0.3) is 0 Å². The predicted molar refractivity (Wildman–Crippen MR) is 70.6 cm³/mol. The molecule has 0 amide bonds. The predicted octanol–water partition coefficient (Wildman–Crippen LogP) is -0.0329. The molecule has 1 atom stereocenters. The first-order chi connectivity index (χ1) is 8.77. The highest BCUT2D eigenvalue weighted by Gasteiger charge is 2.45. The average Bonchev–Trinajstić information content (AvgIpc) is 2.88. The minimum Gasteiger partial charge on any atom is -0.480 e. The van der Waals surface area contributed by atoms with Crippen molar-refractivity contribution in [1.82, 2.24) is 14.3 Å². The Labute approximate surface area is 115 Å². The molecule has 0 spiro atoms. The molecule has 1 aliphatic rings. The summed E-state index contributed by atoms with van der Waals surface area (Å²) >= 11 is 1.42. The van der Waals surface area contributed by atoms with E-state index in [1.54, 1.807) is 18.5 Å². The standard InChI is InChI=1S/C10H15N3O4S2/c1-7-11-8(5-13(7)2)19(16,17)12-10(9(14)15)3-4-18-6-10/h5,12H,3-4,6H2,1-2H3,(H,14,15). The number of thioether (sulfide) groups is 1. The van der Waals surface area contributed by atoms with Gasteiger partial charge in [-0.15, -0.1) is 0 Å². The normalized spacial score (nSPS) is 23.7. The van der Waals surface area contributed by atoms with Gasteiger partial charge in [0.05, 0.1) is 0 Å². The van der Waals surface area contributed by atoms with Crippen LogP contribution in [0, 0.1) is 6.92 Å². The summed E-state index contributed by atoms with van der Waals surface area (Å²) < 4.78 is 28.3. The summed E-state index contributed by atoms with van der Waals surface area (Å²) in [5.74, 6) is 0.253. The molecule has 2 heterocycles. The van der Waals surface area contributed by atoms with Crippen LogP contribution in [0.4, 0.5) is 0 Å². The van der Waals surface area contributed by atoms with Gasteiger partial charge < -0.3 is 9.67 Å². The molecule has 1 fully saturated rings. The van der Waals surface area contributed by atoms with Crippen molar-refractivity contribution in [3.05, 3.63) is 12.0 Å². The van der Waals surface area contributed by atoms with Gasteiger partial charge in [0.15, 0.2) is 5.03 Å². The van der Waals surface area contributed by atoms with E-state index in [9.17, 15) is 18.3 Å². The summed E-state index contributed by atoms with van der Waals surface area (Å²) in [4.78, 5) is 15.3. The van der Waals surface area contributed by atoms with Crippen molar-refractivity contribution in [3.63, 3.8) is 0 Å². The highest BCUT2D eigenvalue weighted by atomic mass is 32.2. The first-order valence-corrected chi connectivity index (χ1v) is 8.26. The maximum Gasteiger partial charge on any atom is 0.325 e. The zero-order valence-electron chi connectivity index (χ0n) is 10.6. The highest BCUT2D eigenvalue weighted by Crippen LogP contribution is 2.29. The average molecular weight is 305 g/mol. The Morgan fingerprint density at radius 3 is 2.74 bits per heavy atom. The number of aromatic nitrogens is 2. The van der Waals surface area contributed by atoms with Crippen LogP contribution in [0.3, 0.4) is 0 Å². The molecule has 7 nitrogen and oxygen atoms in total. The van der Waals surface area contributed by atoms with E-state index in [0.29, 0.717) is 11.6 Å². The Morgan fingerprint density at radius 1 is 1.63 bits per heavy atom. The van der Waals surface area contributed by atoms with Gasteiger partial charge in [0, 0.05) is 19.0 Å². The number of hydrogen-bond donors (Lipinski definition) is 2. The summed E-state index contributed by atoms with van der Waals surface area (Å²) in [5, 5.41) is 9.12. The summed E-state index contributed by atoms with van der Waals surface area (Å²) in [6, 6.07) is 0. The Morgan fingerprint density at radius 2 is 2.32 bits per heavy atom. The van der Waals surface area contributed by atoms with Crippen LogP contribution < -0.4 is 4.72 Å². The molecule has 1 aromatic heterocycles. The molecule has 0 saturated carbocycles. The number of aryl methyl sites for hydroxylation is 2. The number of hydrogen-bond acceptors (Lipinski definition) is 5. The van der Waals surface area contributed by atoms with Gasteiger partial charge in [0.2, 0.25) is 0 Å². The van der Waals surface area contributed by atoms with Gasteiger partial charge >= 0.3 is 5.97 Å². The maximum absolute atomic E-state index is 12.2. The van der Waals surface area contributed by atoms with Crippen LogP contribution in [-0.2, 0) is 21.9 Å². The second kappa shape index (κ2) is 4.80. The van der Waals surface area contributed by atoms with Crippen LogP contribution in [0.2, 0.25) is 0 Å². The lowest BCUT2D eigenvalue weighted by atomic mass is 10.0. The fourth-order valence-electron chi connectivity index (χ4n) is 1.82. The number of carboxylic acids is 1. The van der Waals surface area contributed by atoms with Gasteiger partial charge in [-0.3, -0.25) is 4.79 Å². The number of imidazole rings is 1. The van der Waals surface area contributed by atoms with Crippen LogP contribution in [0.5, 0.6) is 0 Å². The van der Waals surface area contributed by atoms with Crippen LogP contribution >= 0.6 is 11.8 Å². The minimum atomic E-state index is -3.92. The second-order valence-corrected chi connectivity index (χ2v) is 7.27. The van der Waals surface area contributed by atoms with Crippen molar-refractivity contribution >= 4 is 27.8 Å². The lowest BCUT2D eigenvalue weighted by Gasteiger charge is -2.23. The molecule has 1 saturated heterocycles. The SMILES string of the molecule is Cc1nc(S(=O)(=O)NC2(C(=O)O)CCSC2)cn1C. The molecule has 1 aromatic rings. The fourth-order valence-corrected chi connectivity index (χ4v) is 4.67. The molecule has 9 heteroatoms. The molecule has 2 N–H and O–H groups in total. The smallest absolute Gasteiger partial charge is 0.325 e. The molecular weight excluding hydrogens is 290 g/mol. The molecule has 0 aromatic carbocycles. The molecule has 1 unspecified atom stereocenters. The lowest BCUT2D eigenvalue weighted by Crippen LogP contribution is -2.54. The van der Waals surface area contributed by atoms with Crippen LogP contribution in [0.15, 0.2) is 11.2 Å². The zero-order chi connectivity index (χ0) is 14.3. The first-order valence-electron chi connectivity index (χ1n) is 5.62. The molecule has 2 rings (SSSR count). The lowest BCUT2D eigenvalue weighted by molar-refractivity contribution is -0.142. The molecule has 106 valence electrons. The third-order valence-corrected chi connectivity index (χ3v) is 5.72. The van der Waals surface area contributed by atoms with Gasteiger partial charge in [0.1, 0.15) is 11.4 Å². The van der Waals surface area contributed by atoms with Crippen molar-refractivity contribution in [2.75, 3.05) is 11.5 Å². The van der Waals surface area contributed by atoms with Gasteiger partial charge in [0.25, 0.3) is 10.0 Å². The molecule has 0 aliphatic carbocycles. The van der Waals surface area contributed by atoms with Gasteiger partial charge in [-0.1, -0.05) is 0 Å². The van der Waals surface area contributed by atoms with Crippen molar-refractivity contribution < 1.29 is 18.3 Å². The summed E-state index contributed by atoms with van der Waals surface area (Å²) in [6.45, 7) is 1.68. The number of carbonyl (C=O) groups is 1. The molecular formula is C10H15N3O4S2. The van der Waals surface area contributed by atoms with Gasteiger partial charge in [-0.05, 0) is 19.1 Å². The number of nitrogens with zero attached hydrogens (tertiary/aromatic N) is 2. The Bertz CT molecular complexity index is 583. The van der Waals surface area contributed by atoms with Gasteiger partial charge in [-0.2, -0.15) is 16.5 Å². The van der Waals surface area contributed by atoms with Gasteiger partial charge in [-0.25, -0.2) is 13.4 Å².